The number of H-pyrrole nitrogens is 1. The molecule has 0 unspecified atom stereocenters. The van der Waals surface area contributed by atoms with Crippen molar-refractivity contribution in [2.75, 3.05) is 31.2 Å². The zero-order valence-electron chi connectivity index (χ0n) is 11.5. The normalized spacial score (nSPS) is 16.0. The second-order valence-electron chi connectivity index (χ2n) is 4.73. The Morgan fingerprint density at radius 2 is 1.87 bits per heavy atom. The standard InChI is InChI=1S/C12H10Cl2F3N5O/c13-7-9(14)19-10(6-5-18-21-8(6)12(15,16)17)20-11(7)22-1-3-23-4-2-22/h5H,1-4H2,(H,18,21). The number of hydrogen-bond acceptors (Lipinski definition) is 5. The molecule has 2 aromatic heterocycles. The molecular formula is C12H10Cl2F3N5O. The van der Waals surface area contributed by atoms with Gasteiger partial charge in [0.25, 0.3) is 0 Å². The van der Waals surface area contributed by atoms with Gasteiger partial charge in [-0.15, -0.1) is 0 Å². The van der Waals surface area contributed by atoms with Gasteiger partial charge in [0.1, 0.15) is 5.02 Å². The SMILES string of the molecule is FC(F)(F)c1[nH]ncc1-c1nc(Cl)c(Cl)c(N2CCOCC2)n1. The Bertz CT molecular complexity index is 715. The van der Waals surface area contributed by atoms with E-state index in [9.17, 15) is 13.2 Å². The van der Waals surface area contributed by atoms with E-state index in [1.807, 2.05) is 5.10 Å². The summed E-state index contributed by atoms with van der Waals surface area (Å²) in [5.74, 6) is 0.0845. The lowest BCUT2D eigenvalue weighted by Gasteiger charge is -2.28. The third-order valence-electron chi connectivity index (χ3n) is 3.27. The van der Waals surface area contributed by atoms with E-state index in [1.165, 1.54) is 0 Å². The number of hydrogen-bond donors (Lipinski definition) is 1. The van der Waals surface area contributed by atoms with Gasteiger partial charge in [0.2, 0.25) is 0 Å². The van der Waals surface area contributed by atoms with Crippen LogP contribution in [0.4, 0.5) is 19.0 Å². The number of aromatic amines is 1. The number of morpholine rings is 1. The Labute approximate surface area is 138 Å². The highest BCUT2D eigenvalue weighted by atomic mass is 35.5. The van der Waals surface area contributed by atoms with Crippen LogP contribution in [0.3, 0.4) is 0 Å². The number of alkyl halides is 3. The van der Waals surface area contributed by atoms with Crippen LogP contribution < -0.4 is 4.90 Å². The first-order chi connectivity index (χ1) is 10.9. The second kappa shape index (κ2) is 6.14. The van der Waals surface area contributed by atoms with Crippen molar-refractivity contribution >= 4 is 29.0 Å². The van der Waals surface area contributed by atoms with Crippen LogP contribution in [0.1, 0.15) is 5.69 Å². The third-order valence-corrected chi connectivity index (χ3v) is 3.99. The number of anilines is 1. The molecule has 124 valence electrons. The van der Waals surface area contributed by atoms with Crippen molar-refractivity contribution in [1.82, 2.24) is 20.2 Å². The highest BCUT2D eigenvalue weighted by Gasteiger charge is 2.37. The van der Waals surface area contributed by atoms with Gasteiger partial charge < -0.3 is 9.64 Å². The second-order valence-corrected chi connectivity index (χ2v) is 5.47. The van der Waals surface area contributed by atoms with Crippen molar-refractivity contribution in [3.05, 3.63) is 22.1 Å². The van der Waals surface area contributed by atoms with Gasteiger partial charge in [-0.25, -0.2) is 9.97 Å². The molecule has 1 aliphatic rings. The number of halogens is 5. The van der Waals surface area contributed by atoms with Crippen LogP contribution in [0, 0.1) is 0 Å². The monoisotopic (exact) mass is 367 g/mol. The van der Waals surface area contributed by atoms with Gasteiger partial charge in [0, 0.05) is 13.1 Å². The van der Waals surface area contributed by atoms with Gasteiger partial charge in [0.05, 0.1) is 25.0 Å². The van der Waals surface area contributed by atoms with E-state index in [4.69, 9.17) is 27.9 Å². The van der Waals surface area contributed by atoms with Gasteiger partial charge in [-0.2, -0.15) is 18.3 Å². The average Bonchev–Trinajstić information content (AvgIpc) is 3.00. The number of ether oxygens (including phenoxy) is 1. The maximum absolute atomic E-state index is 13.0. The highest BCUT2D eigenvalue weighted by molar-refractivity contribution is 6.42. The maximum Gasteiger partial charge on any atom is 0.433 e. The van der Waals surface area contributed by atoms with E-state index in [0.29, 0.717) is 26.3 Å². The molecule has 0 amide bonds. The van der Waals surface area contributed by atoms with Gasteiger partial charge in [0.15, 0.2) is 22.5 Å². The van der Waals surface area contributed by atoms with E-state index >= 15 is 0 Å². The van der Waals surface area contributed by atoms with Crippen LogP contribution in [0.2, 0.25) is 10.2 Å². The van der Waals surface area contributed by atoms with Crippen LogP contribution in [-0.4, -0.2) is 46.5 Å². The minimum atomic E-state index is -4.61. The summed E-state index contributed by atoms with van der Waals surface area (Å²) in [6, 6.07) is 0. The lowest BCUT2D eigenvalue weighted by Crippen LogP contribution is -2.37. The quantitative estimate of drug-likeness (QED) is 0.826. The van der Waals surface area contributed by atoms with E-state index < -0.39 is 11.9 Å². The molecule has 0 radical (unpaired) electrons. The molecule has 11 heteroatoms. The fourth-order valence-corrected chi connectivity index (χ4v) is 2.55. The summed E-state index contributed by atoms with van der Waals surface area (Å²) in [6.45, 7) is 1.94. The summed E-state index contributed by atoms with van der Waals surface area (Å²) >= 11 is 12.1. The van der Waals surface area contributed by atoms with Crippen LogP contribution in [0.5, 0.6) is 0 Å². The minimum absolute atomic E-state index is 0.0920. The maximum atomic E-state index is 13.0. The lowest BCUT2D eigenvalue weighted by atomic mass is 10.2. The molecule has 0 aliphatic carbocycles. The molecule has 0 spiro atoms. The predicted octanol–water partition coefficient (Wildman–Crippen LogP) is 3.03. The Morgan fingerprint density at radius 3 is 2.52 bits per heavy atom. The van der Waals surface area contributed by atoms with E-state index in [2.05, 4.69) is 15.1 Å². The molecule has 23 heavy (non-hydrogen) atoms. The molecule has 0 bridgehead atoms. The topological polar surface area (TPSA) is 66.9 Å². The van der Waals surface area contributed by atoms with Crippen LogP contribution in [0.15, 0.2) is 6.20 Å². The van der Waals surface area contributed by atoms with E-state index in [-0.39, 0.29) is 27.4 Å². The van der Waals surface area contributed by atoms with Gasteiger partial charge in [-0.3, -0.25) is 5.10 Å². The highest BCUT2D eigenvalue weighted by Crippen LogP contribution is 2.37. The Balaban J connectivity index is 2.07. The molecule has 0 atom stereocenters. The van der Waals surface area contributed by atoms with E-state index in [1.54, 1.807) is 4.90 Å². The molecule has 1 N–H and O–H groups in total. The summed E-state index contributed by atoms with van der Waals surface area (Å²) < 4.78 is 44.2. The van der Waals surface area contributed by atoms with Gasteiger partial charge in [-0.05, 0) is 0 Å². The zero-order chi connectivity index (χ0) is 16.6. The average molecular weight is 368 g/mol. The largest absolute Gasteiger partial charge is 0.433 e. The van der Waals surface area contributed by atoms with Crippen LogP contribution >= 0.6 is 23.2 Å². The molecule has 3 rings (SSSR count). The third kappa shape index (κ3) is 3.22. The molecule has 2 aromatic rings. The Hall–Kier alpha value is -1.58. The number of rotatable bonds is 2. The molecule has 0 aromatic carbocycles. The summed E-state index contributed by atoms with van der Waals surface area (Å²) in [6.07, 6.45) is -3.61. The fraction of sp³-hybridized carbons (Fsp3) is 0.417. The molecule has 6 nitrogen and oxygen atoms in total. The van der Waals surface area contributed by atoms with Gasteiger partial charge >= 0.3 is 6.18 Å². The molecule has 1 aliphatic heterocycles. The Kier molecular flexibility index (Phi) is 4.35. The van der Waals surface area contributed by atoms with Crippen molar-refractivity contribution in [2.45, 2.75) is 6.18 Å². The summed E-state index contributed by atoms with van der Waals surface area (Å²) in [5, 5.41) is 5.31. The van der Waals surface area contributed by atoms with Crippen molar-refractivity contribution in [3.63, 3.8) is 0 Å². The fourth-order valence-electron chi connectivity index (χ4n) is 2.19. The molecule has 1 fully saturated rings. The minimum Gasteiger partial charge on any atom is -0.378 e. The zero-order valence-corrected chi connectivity index (χ0v) is 13.0. The summed E-state index contributed by atoms with van der Waals surface area (Å²) in [7, 11) is 0. The van der Waals surface area contributed by atoms with Gasteiger partial charge in [-0.1, -0.05) is 23.2 Å². The van der Waals surface area contributed by atoms with Crippen molar-refractivity contribution in [2.24, 2.45) is 0 Å². The molecule has 1 saturated heterocycles. The molecule has 0 saturated carbocycles. The van der Waals surface area contributed by atoms with Crippen LogP contribution in [0.25, 0.3) is 11.4 Å². The first-order valence-corrected chi connectivity index (χ1v) is 7.30. The molecule has 3 heterocycles. The first-order valence-electron chi connectivity index (χ1n) is 6.54. The van der Waals surface area contributed by atoms with Crippen LogP contribution in [-0.2, 0) is 10.9 Å². The predicted molar refractivity (Wildman–Crippen MR) is 77.7 cm³/mol. The molecular weight excluding hydrogens is 358 g/mol. The van der Waals surface area contributed by atoms with Crippen molar-refractivity contribution < 1.29 is 17.9 Å². The van der Waals surface area contributed by atoms with Crippen molar-refractivity contribution in [1.29, 1.82) is 0 Å². The van der Waals surface area contributed by atoms with Crippen molar-refractivity contribution in [3.8, 4) is 11.4 Å². The number of aromatic nitrogens is 4. The lowest BCUT2D eigenvalue weighted by molar-refractivity contribution is -0.140. The number of nitrogens with one attached hydrogen (secondary N) is 1. The first kappa shape index (κ1) is 16.3. The Morgan fingerprint density at radius 1 is 1.17 bits per heavy atom. The smallest absolute Gasteiger partial charge is 0.378 e. The summed E-state index contributed by atoms with van der Waals surface area (Å²) in [4.78, 5) is 9.79. The summed E-state index contributed by atoms with van der Waals surface area (Å²) in [5.41, 5.74) is -1.32. The number of nitrogens with zero attached hydrogens (tertiary/aromatic N) is 4. The van der Waals surface area contributed by atoms with E-state index in [0.717, 1.165) is 6.20 Å².